The molecule has 0 unspecified atom stereocenters. The van der Waals surface area contributed by atoms with Crippen LogP contribution in [0.5, 0.6) is 0 Å². The van der Waals surface area contributed by atoms with Crippen molar-refractivity contribution < 1.29 is 14.3 Å². The summed E-state index contributed by atoms with van der Waals surface area (Å²) in [5.41, 5.74) is -1.05. The van der Waals surface area contributed by atoms with Gasteiger partial charge in [-0.25, -0.2) is 14.2 Å². The number of fused-ring (bicyclic) bond motifs is 1. The summed E-state index contributed by atoms with van der Waals surface area (Å²) in [4.78, 5) is 27.6. The van der Waals surface area contributed by atoms with Crippen LogP contribution in [-0.2, 0) is 0 Å². The van der Waals surface area contributed by atoms with Crippen LogP contribution >= 0.6 is 0 Å². The van der Waals surface area contributed by atoms with Crippen LogP contribution in [0.1, 0.15) is 10.5 Å². The van der Waals surface area contributed by atoms with Crippen LogP contribution in [-0.4, -0.2) is 21.0 Å². The Labute approximate surface area is 82.2 Å². The first kappa shape index (κ1) is 9.32. The van der Waals surface area contributed by atoms with Crippen molar-refractivity contribution in [1.29, 1.82) is 0 Å². The fourth-order valence-corrected chi connectivity index (χ4v) is 1.20. The predicted octanol–water partition coefficient (Wildman–Crippen LogP) is 0.760. The van der Waals surface area contributed by atoms with Crippen molar-refractivity contribution in [2.75, 3.05) is 0 Å². The van der Waals surface area contributed by atoms with Crippen LogP contribution in [0.4, 0.5) is 4.39 Å². The maximum atomic E-state index is 12.8. The molecule has 2 rings (SSSR count). The maximum absolute atomic E-state index is 12.8. The number of hydrogen-bond acceptors (Lipinski definition) is 3. The quantitative estimate of drug-likeness (QED) is 0.724. The van der Waals surface area contributed by atoms with Crippen LogP contribution in [0, 0.1) is 5.82 Å². The molecule has 0 saturated heterocycles. The number of benzene rings is 1. The van der Waals surface area contributed by atoms with E-state index in [0.29, 0.717) is 5.52 Å². The molecule has 1 aromatic heterocycles. The first-order valence-electron chi connectivity index (χ1n) is 4.01. The van der Waals surface area contributed by atoms with Gasteiger partial charge in [0.25, 0.3) is 5.56 Å². The zero-order valence-corrected chi connectivity index (χ0v) is 7.32. The first-order chi connectivity index (χ1) is 7.08. The number of carboxylic acid groups (broad SMARTS) is 1. The van der Waals surface area contributed by atoms with Crippen molar-refractivity contribution in [2.24, 2.45) is 0 Å². The summed E-state index contributed by atoms with van der Waals surface area (Å²) < 4.78 is 12.8. The second kappa shape index (κ2) is 3.16. The topological polar surface area (TPSA) is 83.0 Å². The van der Waals surface area contributed by atoms with E-state index in [9.17, 15) is 14.0 Å². The Hall–Kier alpha value is -2.24. The fourth-order valence-electron chi connectivity index (χ4n) is 1.20. The van der Waals surface area contributed by atoms with Gasteiger partial charge in [-0.15, -0.1) is 0 Å². The van der Waals surface area contributed by atoms with Gasteiger partial charge in [-0.05, 0) is 12.1 Å². The van der Waals surface area contributed by atoms with E-state index < -0.39 is 23.0 Å². The second-order valence-electron chi connectivity index (χ2n) is 2.88. The summed E-state index contributed by atoms with van der Waals surface area (Å²) in [5.74, 6) is -1.99. The largest absolute Gasteiger partial charge is 0.476 e. The number of aromatic amines is 1. The molecule has 0 aliphatic rings. The number of halogens is 1. The van der Waals surface area contributed by atoms with Gasteiger partial charge < -0.3 is 10.1 Å². The highest BCUT2D eigenvalue weighted by Gasteiger charge is 2.11. The molecule has 0 saturated carbocycles. The van der Waals surface area contributed by atoms with Crippen LogP contribution in [0.3, 0.4) is 0 Å². The second-order valence-corrected chi connectivity index (χ2v) is 2.88. The van der Waals surface area contributed by atoms with Crippen molar-refractivity contribution in [3.05, 3.63) is 40.1 Å². The van der Waals surface area contributed by atoms with Gasteiger partial charge in [0.05, 0.1) is 11.0 Å². The van der Waals surface area contributed by atoms with E-state index in [2.05, 4.69) is 9.97 Å². The molecule has 0 aliphatic heterocycles. The third-order valence-corrected chi connectivity index (χ3v) is 1.86. The minimum absolute atomic E-state index is 0.104. The predicted molar refractivity (Wildman–Crippen MR) is 49.3 cm³/mol. The molecule has 0 spiro atoms. The number of carboxylic acids is 1. The molecular formula is C9H5FN2O3. The van der Waals surface area contributed by atoms with Gasteiger partial charge in [0.1, 0.15) is 5.82 Å². The van der Waals surface area contributed by atoms with E-state index in [1.54, 1.807) is 0 Å². The molecule has 0 aliphatic carbocycles. The van der Waals surface area contributed by atoms with Gasteiger partial charge in [-0.3, -0.25) is 4.79 Å². The van der Waals surface area contributed by atoms with Gasteiger partial charge in [-0.1, -0.05) is 0 Å². The monoisotopic (exact) mass is 208 g/mol. The Balaban J connectivity index is 2.83. The highest BCUT2D eigenvalue weighted by molar-refractivity contribution is 5.87. The molecule has 1 heterocycles. The SMILES string of the molecule is O=C(O)c1nc2cc(F)ccc2[nH]c1=O. The van der Waals surface area contributed by atoms with E-state index in [4.69, 9.17) is 5.11 Å². The molecule has 76 valence electrons. The van der Waals surface area contributed by atoms with E-state index in [1.165, 1.54) is 6.07 Å². The van der Waals surface area contributed by atoms with E-state index in [0.717, 1.165) is 12.1 Å². The maximum Gasteiger partial charge on any atom is 0.360 e. The summed E-state index contributed by atoms with van der Waals surface area (Å²) in [5, 5.41) is 8.62. The van der Waals surface area contributed by atoms with Gasteiger partial charge in [0.2, 0.25) is 5.69 Å². The molecule has 0 bridgehead atoms. The minimum Gasteiger partial charge on any atom is -0.476 e. The zero-order valence-electron chi connectivity index (χ0n) is 7.32. The number of carbonyl (C=O) groups is 1. The lowest BCUT2D eigenvalue weighted by atomic mass is 10.3. The smallest absolute Gasteiger partial charge is 0.360 e. The normalized spacial score (nSPS) is 10.5. The van der Waals surface area contributed by atoms with Crippen LogP contribution in [0.25, 0.3) is 11.0 Å². The van der Waals surface area contributed by atoms with Crippen molar-refractivity contribution in [2.45, 2.75) is 0 Å². The Morgan fingerprint density at radius 3 is 2.87 bits per heavy atom. The molecule has 2 N–H and O–H groups in total. The molecule has 5 nitrogen and oxygen atoms in total. The zero-order chi connectivity index (χ0) is 11.0. The lowest BCUT2D eigenvalue weighted by molar-refractivity contribution is 0.0689. The molecule has 0 fully saturated rings. The van der Waals surface area contributed by atoms with Gasteiger partial charge in [-0.2, -0.15) is 0 Å². The summed E-state index contributed by atoms with van der Waals surface area (Å²) in [7, 11) is 0. The summed E-state index contributed by atoms with van der Waals surface area (Å²) >= 11 is 0. The van der Waals surface area contributed by atoms with Crippen LogP contribution < -0.4 is 5.56 Å². The van der Waals surface area contributed by atoms with Crippen LogP contribution in [0.2, 0.25) is 0 Å². The number of nitrogens with zero attached hydrogens (tertiary/aromatic N) is 1. The van der Waals surface area contributed by atoms with Gasteiger partial charge in [0.15, 0.2) is 0 Å². The van der Waals surface area contributed by atoms with Gasteiger partial charge >= 0.3 is 5.97 Å². The first-order valence-corrected chi connectivity index (χ1v) is 4.01. The lowest BCUT2D eigenvalue weighted by Gasteiger charge is -1.98. The van der Waals surface area contributed by atoms with Crippen molar-refractivity contribution in [3.8, 4) is 0 Å². The summed E-state index contributed by atoms with van der Waals surface area (Å²) in [6.07, 6.45) is 0. The fraction of sp³-hybridized carbons (Fsp3) is 0. The minimum atomic E-state index is -1.44. The molecule has 0 amide bonds. The number of H-pyrrole nitrogens is 1. The standard InChI is InChI=1S/C9H5FN2O3/c10-4-1-2-5-6(3-4)11-7(9(14)15)8(13)12-5/h1-3H,(H,12,13)(H,14,15). The molecule has 15 heavy (non-hydrogen) atoms. The number of rotatable bonds is 1. The lowest BCUT2D eigenvalue weighted by Crippen LogP contribution is -2.19. The number of hydrogen-bond donors (Lipinski definition) is 2. The van der Waals surface area contributed by atoms with Crippen molar-refractivity contribution >= 4 is 17.0 Å². The van der Waals surface area contributed by atoms with E-state index in [1.807, 2.05) is 0 Å². The van der Waals surface area contributed by atoms with E-state index >= 15 is 0 Å². The molecule has 0 atom stereocenters. The third kappa shape index (κ3) is 1.56. The molecule has 1 aromatic carbocycles. The highest BCUT2D eigenvalue weighted by Crippen LogP contribution is 2.09. The summed E-state index contributed by atoms with van der Waals surface area (Å²) in [6, 6.07) is 3.53. The number of aromatic nitrogens is 2. The average Bonchev–Trinajstić information content (AvgIpc) is 2.17. The molecule has 6 heteroatoms. The molecule has 0 radical (unpaired) electrons. The third-order valence-electron chi connectivity index (χ3n) is 1.86. The molecular weight excluding hydrogens is 203 g/mol. The number of nitrogens with one attached hydrogen (secondary N) is 1. The average molecular weight is 208 g/mol. The van der Waals surface area contributed by atoms with Crippen molar-refractivity contribution in [3.63, 3.8) is 0 Å². The molecule has 2 aromatic rings. The Bertz CT molecular complexity index is 606. The van der Waals surface area contributed by atoms with Gasteiger partial charge in [0, 0.05) is 6.07 Å². The van der Waals surface area contributed by atoms with E-state index in [-0.39, 0.29) is 5.52 Å². The Morgan fingerprint density at radius 2 is 2.20 bits per heavy atom. The number of aromatic carboxylic acids is 1. The Kier molecular flexibility index (Phi) is 1.96. The van der Waals surface area contributed by atoms with Crippen LogP contribution in [0.15, 0.2) is 23.0 Å². The summed E-state index contributed by atoms with van der Waals surface area (Å²) in [6.45, 7) is 0. The highest BCUT2D eigenvalue weighted by atomic mass is 19.1. The Morgan fingerprint density at radius 1 is 1.47 bits per heavy atom. The van der Waals surface area contributed by atoms with Crippen molar-refractivity contribution in [1.82, 2.24) is 9.97 Å².